The van der Waals surface area contributed by atoms with Gasteiger partial charge in [-0.3, -0.25) is 0 Å². The molecule has 0 aliphatic carbocycles. The third-order valence-electron chi connectivity index (χ3n) is 5.69. The fourth-order valence-corrected chi connectivity index (χ4v) is 3.97. The fourth-order valence-electron chi connectivity index (χ4n) is 3.97. The zero-order valence-corrected chi connectivity index (χ0v) is 18.3. The molecule has 0 aliphatic rings. The Bertz CT molecular complexity index is 1700. The highest BCUT2D eigenvalue weighted by Gasteiger charge is 2.30. The van der Waals surface area contributed by atoms with Gasteiger partial charge < -0.3 is 13.6 Å². The van der Waals surface area contributed by atoms with Crippen LogP contribution in [0, 0.1) is 6.92 Å². The summed E-state index contributed by atoms with van der Waals surface area (Å²) in [6.45, 7) is 1.55. The van der Waals surface area contributed by atoms with Crippen molar-refractivity contribution >= 4 is 21.9 Å². The van der Waals surface area contributed by atoms with Crippen LogP contribution in [0.25, 0.3) is 33.1 Å². The number of alkyl halides is 3. The minimum absolute atomic E-state index is 0.117. The maximum Gasteiger partial charge on any atom is 0.416 e. The van der Waals surface area contributed by atoms with Crippen LogP contribution in [0.5, 0.6) is 5.75 Å². The molecule has 2 aromatic heterocycles. The maximum absolute atomic E-state index is 13.0. The summed E-state index contributed by atoms with van der Waals surface area (Å²) in [7, 11) is 0. The molecule has 8 heteroatoms. The van der Waals surface area contributed by atoms with Crippen molar-refractivity contribution in [3.63, 3.8) is 0 Å². The molecule has 5 aromatic rings. The zero-order chi connectivity index (χ0) is 24.7. The van der Waals surface area contributed by atoms with Crippen LogP contribution in [0.1, 0.15) is 16.7 Å². The van der Waals surface area contributed by atoms with Gasteiger partial charge in [-0.2, -0.15) is 13.2 Å². The predicted octanol–water partition coefficient (Wildman–Crippen LogP) is 6.47. The van der Waals surface area contributed by atoms with E-state index in [4.69, 9.17) is 13.6 Å². The minimum Gasteiger partial charge on any atom is -0.488 e. The third-order valence-corrected chi connectivity index (χ3v) is 5.69. The average Bonchev–Trinajstić information content (AvgIpc) is 2.83. The Morgan fingerprint density at radius 2 is 1.66 bits per heavy atom. The first kappa shape index (κ1) is 22.5. The molecule has 0 saturated heterocycles. The van der Waals surface area contributed by atoms with Crippen LogP contribution in [0.3, 0.4) is 0 Å². The first-order chi connectivity index (χ1) is 16.7. The lowest BCUT2D eigenvalue weighted by Gasteiger charge is -2.13. The molecule has 176 valence electrons. The van der Waals surface area contributed by atoms with E-state index in [0.717, 1.165) is 12.1 Å². The van der Waals surface area contributed by atoms with E-state index < -0.39 is 23.0 Å². The largest absolute Gasteiger partial charge is 0.488 e. The number of rotatable bonds is 4. The van der Waals surface area contributed by atoms with Gasteiger partial charge in [0.25, 0.3) is 0 Å². The van der Waals surface area contributed by atoms with Crippen molar-refractivity contribution in [3.8, 4) is 16.9 Å². The van der Waals surface area contributed by atoms with Gasteiger partial charge in [-0.1, -0.05) is 30.3 Å². The van der Waals surface area contributed by atoms with Gasteiger partial charge in [0.15, 0.2) is 0 Å². The van der Waals surface area contributed by atoms with Crippen LogP contribution in [0.2, 0.25) is 0 Å². The lowest BCUT2D eigenvalue weighted by molar-refractivity contribution is -0.137. The molecule has 0 spiro atoms. The molecule has 0 fully saturated rings. The van der Waals surface area contributed by atoms with Gasteiger partial charge in [-0.05, 0) is 48.9 Å². The highest BCUT2D eigenvalue weighted by atomic mass is 19.4. The fraction of sp³-hybridized carbons (Fsp3) is 0.111. The summed E-state index contributed by atoms with van der Waals surface area (Å²) in [5.41, 5.74) is -0.0320. The molecule has 0 radical (unpaired) electrons. The Morgan fingerprint density at radius 1 is 0.857 bits per heavy atom. The number of ether oxygens (including phenoxy) is 1. The number of benzene rings is 3. The summed E-state index contributed by atoms with van der Waals surface area (Å²) >= 11 is 0. The number of halogens is 3. The summed E-state index contributed by atoms with van der Waals surface area (Å²) < 4.78 is 55.6. The molecule has 3 aromatic carbocycles. The first-order valence-corrected chi connectivity index (χ1v) is 10.6. The maximum atomic E-state index is 13.0. The molecule has 5 rings (SSSR count). The highest BCUT2D eigenvalue weighted by molar-refractivity contribution is 5.96. The van der Waals surface area contributed by atoms with Crippen LogP contribution in [0.4, 0.5) is 13.2 Å². The standard InChI is InChI=1S/C27H17F3O5/c1-15-22(33-14-16-5-4-7-18(11-16)27(28,29)30)10-9-19-20(13-24(31)35-25(15)19)21-12-17-6-2-3-8-23(17)34-26(21)32/h2-13H,14H2,1H3. The molecule has 0 atom stereocenters. The first-order valence-electron chi connectivity index (χ1n) is 10.6. The van der Waals surface area contributed by atoms with Crippen LogP contribution < -0.4 is 16.0 Å². The van der Waals surface area contributed by atoms with Crippen LogP contribution >= 0.6 is 0 Å². The summed E-state index contributed by atoms with van der Waals surface area (Å²) in [5, 5.41) is 1.19. The normalized spacial score (nSPS) is 11.8. The van der Waals surface area contributed by atoms with Crippen molar-refractivity contribution in [2.45, 2.75) is 19.7 Å². The van der Waals surface area contributed by atoms with Crippen LogP contribution in [-0.4, -0.2) is 0 Å². The zero-order valence-electron chi connectivity index (χ0n) is 18.3. The van der Waals surface area contributed by atoms with E-state index >= 15 is 0 Å². The van der Waals surface area contributed by atoms with Gasteiger partial charge in [0.2, 0.25) is 0 Å². The topological polar surface area (TPSA) is 69.7 Å². The van der Waals surface area contributed by atoms with Crippen molar-refractivity contribution in [3.05, 3.63) is 110 Å². The Kier molecular flexibility index (Phi) is 5.43. The molecular weight excluding hydrogens is 461 g/mol. The van der Waals surface area contributed by atoms with E-state index in [1.54, 1.807) is 43.3 Å². The number of hydrogen-bond donors (Lipinski definition) is 0. The lowest BCUT2D eigenvalue weighted by Crippen LogP contribution is -2.07. The summed E-state index contributed by atoms with van der Waals surface area (Å²) in [5.74, 6) is 0.334. The summed E-state index contributed by atoms with van der Waals surface area (Å²) in [4.78, 5) is 25.1. The van der Waals surface area contributed by atoms with Crippen LogP contribution in [0.15, 0.2) is 91.2 Å². The Hall–Kier alpha value is -4.33. The molecule has 0 aliphatic heterocycles. The van der Waals surface area contributed by atoms with Gasteiger partial charge in [0, 0.05) is 28.0 Å². The Balaban J connectivity index is 1.55. The smallest absolute Gasteiger partial charge is 0.416 e. The highest BCUT2D eigenvalue weighted by Crippen LogP contribution is 2.34. The predicted molar refractivity (Wildman–Crippen MR) is 124 cm³/mol. The molecule has 0 bridgehead atoms. The van der Waals surface area contributed by atoms with E-state index in [2.05, 4.69) is 0 Å². The monoisotopic (exact) mass is 478 g/mol. The molecule has 2 heterocycles. The van der Waals surface area contributed by atoms with Crippen molar-refractivity contribution in [2.24, 2.45) is 0 Å². The number of para-hydroxylation sites is 1. The quantitative estimate of drug-likeness (QED) is 0.277. The number of hydrogen-bond acceptors (Lipinski definition) is 5. The summed E-state index contributed by atoms with van der Waals surface area (Å²) in [6, 6.07) is 18.0. The molecule has 0 saturated carbocycles. The van der Waals surface area contributed by atoms with Gasteiger partial charge in [0.05, 0.1) is 11.1 Å². The second-order valence-corrected chi connectivity index (χ2v) is 8.02. The van der Waals surface area contributed by atoms with E-state index in [-0.39, 0.29) is 17.8 Å². The van der Waals surface area contributed by atoms with Crippen molar-refractivity contribution in [2.75, 3.05) is 0 Å². The average molecular weight is 478 g/mol. The van der Waals surface area contributed by atoms with Crippen molar-refractivity contribution < 1.29 is 26.7 Å². The third kappa shape index (κ3) is 4.30. The summed E-state index contributed by atoms with van der Waals surface area (Å²) in [6.07, 6.45) is -4.45. The van der Waals surface area contributed by atoms with E-state index in [9.17, 15) is 22.8 Å². The van der Waals surface area contributed by atoms with Crippen molar-refractivity contribution in [1.82, 2.24) is 0 Å². The molecule has 0 amide bonds. The van der Waals surface area contributed by atoms with E-state index in [0.29, 0.717) is 38.8 Å². The van der Waals surface area contributed by atoms with Gasteiger partial charge in [-0.25, -0.2) is 9.59 Å². The minimum atomic E-state index is -4.45. The molecule has 0 unspecified atom stereocenters. The SMILES string of the molecule is Cc1c(OCc2cccc(C(F)(F)F)c2)ccc2c(-c3cc4ccccc4oc3=O)cc(=O)oc12. The van der Waals surface area contributed by atoms with E-state index in [1.807, 2.05) is 6.07 Å². The number of fused-ring (bicyclic) bond motifs is 2. The Morgan fingerprint density at radius 3 is 2.46 bits per heavy atom. The second kappa shape index (κ2) is 8.47. The second-order valence-electron chi connectivity index (χ2n) is 8.02. The molecule has 5 nitrogen and oxygen atoms in total. The lowest BCUT2D eigenvalue weighted by atomic mass is 10.0. The van der Waals surface area contributed by atoms with Gasteiger partial charge in [0.1, 0.15) is 23.5 Å². The van der Waals surface area contributed by atoms with Gasteiger partial charge in [-0.15, -0.1) is 0 Å². The van der Waals surface area contributed by atoms with E-state index in [1.165, 1.54) is 18.2 Å². The Labute approximate surface area is 196 Å². The van der Waals surface area contributed by atoms with Crippen molar-refractivity contribution in [1.29, 1.82) is 0 Å². The molecule has 35 heavy (non-hydrogen) atoms. The van der Waals surface area contributed by atoms with Gasteiger partial charge >= 0.3 is 17.4 Å². The van der Waals surface area contributed by atoms with Crippen LogP contribution in [-0.2, 0) is 12.8 Å². The molecule has 0 N–H and O–H groups in total. The number of aryl methyl sites for hydroxylation is 1. The molecular formula is C27H17F3O5.